The zero-order chi connectivity index (χ0) is 10.6. The fraction of sp³-hybridized carbons (Fsp3) is 1.00. The van der Waals surface area contributed by atoms with E-state index < -0.39 is 0 Å². The SMILES string of the molecule is CNCC(C(C)C)N1CCOC(C)C1. The summed E-state index contributed by atoms with van der Waals surface area (Å²) in [5.74, 6) is 0.702. The Balaban J connectivity index is 2.48. The van der Waals surface area contributed by atoms with Gasteiger partial charge in [-0.15, -0.1) is 0 Å². The Hall–Kier alpha value is -0.120. The van der Waals surface area contributed by atoms with E-state index in [1.54, 1.807) is 0 Å². The number of nitrogens with one attached hydrogen (secondary N) is 1. The van der Waals surface area contributed by atoms with Gasteiger partial charge in [-0.05, 0) is 19.9 Å². The average Bonchev–Trinajstić information content (AvgIpc) is 2.13. The fourth-order valence-corrected chi connectivity index (χ4v) is 2.14. The van der Waals surface area contributed by atoms with Crippen LogP contribution in [0.1, 0.15) is 20.8 Å². The number of nitrogens with zero attached hydrogens (tertiary/aromatic N) is 1. The highest BCUT2D eigenvalue weighted by molar-refractivity contribution is 4.80. The molecule has 84 valence electrons. The Labute approximate surface area is 87.8 Å². The van der Waals surface area contributed by atoms with Gasteiger partial charge in [0.15, 0.2) is 0 Å². The second-order valence-corrected chi connectivity index (χ2v) is 4.55. The standard InChI is InChI=1S/C11H24N2O/c1-9(2)11(7-12-4)13-5-6-14-10(3)8-13/h9-12H,5-8H2,1-4H3. The van der Waals surface area contributed by atoms with Crippen LogP contribution in [0.4, 0.5) is 0 Å². The lowest BCUT2D eigenvalue weighted by Crippen LogP contribution is -2.52. The monoisotopic (exact) mass is 200 g/mol. The van der Waals surface area contributed by atoms with Crippen LogP contribution in [0.5, 0.6) is 0 Å². The Morgan fingerprint density at radius 1 is 1.50 bits per heavy atom. The summed E-state index contributed by atoms with van der Waals surface area (Å²) in [5.41, 5.74) is 0. The van der Waals surface area contributed by atoms with Crippen LogP contribution in [0.3, 0.4) is 0 Å². The normalized spacial score (nSPS) is 26.8. The highest BCUT2D eigenvalue weighted by Crippen LogP contribution is 2.14. The smallest absolute Gasteiger partial charge is 0.0674 e. The van der Waals surface area contributed by atoms with E-state index >= 15 is 0 Å². The zero-order valence-corrected chi connectivity index (χ0v) is 9.92. The summed E-state index contributed by atoms with van der Waals surface area (Å²) in [4.78, 5) is 2.55. The van der Waals surface area contributed by atoms with Crippen LogP contribution < -0.4 is 5.32 Å². The van der Waals surface area contributed by atoms with Gasteiger partial charge in [0.05, 0.1) is 12.7 Å². The van der Waals surface area contributed by atoms with E-state index in [-0.39, 0.29) is 0 Å². The first-order valence-corrected chi connectivity index (χ1v) is 5.65. The largest absolute Gasteiger partial charge is 0.376 e. The van der Waals surface area contributed by atoms with Gasteiger partial charge in [0.2, 0.25) is 0 Å². The molecule has 14 heavy (non-hydrogen) atoms. The van der Waals surface area contributed by atoms with Crippen LogP contribution >= 0.6 is 0 Å². The van der Waals surface area contributed by atoms with Crippen molar-refractivity contribution in [3.8, 4) is 0 Å². The van der Waals surface area contributed by atoms with Gasteiger partial charge in [0.25, 0.3) is 0 Å². The summed E-state index contributed by atoms with van der Waals surface area (Å²) >= 11 is 0. The summed E-state index contributed by atoms with van der Waals surface area (Å²) in [6.45, 7) is 10.9. The van der Waals surface area contributed by atoms with Crippen molar-refractivity contribution in [3.63, 3.8) is 0 Å². The molecule has 1 saturated heterocycles. The highest BCUT2D eigenvalue weighted by atomic mass is 16.5. The molecular weight excluding hydrogens is 176 g/mol. The maximum atomic E-state index is 5.55. The predicted octanol–water partition coefficient (Wildman–Crippen LogP) is 0.951. The van der Waals surface area contributed by atoms with Crippen molar-refractivity contribution in [2.75, 3.05) is 33.3 Å². The van der Waals surface area contributed by atoms with E-state index in [9.17, 15) is 0 Å². The first-order chi connectivity index (χ1) is 6.65. The van der Waals surface area contributed by atoms with Crippen LogP contribution in [0.15, 0.2) is 0 Å². The quantitative estimate of drug-likeness (QED) is 0.731. The Kier molecular flexibility index (Phi) is 4.85. The Morgan fingerprint density at radius 2 is 2.21 bits per heavy atom. The molecule has 2 atom stereocenters. The molecule has 1 heterocycles. The molecule has 1 rings (SSSR count). The fourth-order valence-electron chi connectivity index (χ4n) is 2.14. The van der Waals surface area contributed by atoms with E-state index in [2.05, 4.69) is 31.0 Å². The summed E-state index contributed by atoms with van der Waals surface area (Å²) in [5, 5.41) is 3.28. The molecule has 0 aromatic heterocycles. The third-order valence-corrected chi connectivity index (χ3v) is 2.92. The second kappa shape index (κ2) is 5.69. The lowest BCUT2D eigenvalue weighted by atomic mass is 10.0. The minimum atomic E-state index is 0.391. The molecule has 1 fully saturated rings. The van der Waals surface area contributed by atoms with Crippen molar-refractivity contribution < 1.29 is 4.74 Å². The first kappa shape index (κ1) is 12.0. The van der Waals surface area contributed by atoms with E-state index in [0.717, 1.165) is 26.2 Å². The number of rotatable bonds is 4. The molecule has 0 saturated carbocycles. The van der Waals surface area contributed by atoms with E-state index in [4.69, 9.17) is 4.74 Å². The van der Waals surface area contributed by atoms with Gasteiger partial charge in [-0.25, -0.2) is 0 Å². The molecule has 0 amide bonds. The Morgan fingerprint density at radius 3 is 2.71 bits per heavy atom. The molecule has 1 N–H and O–H groups in total. The molecule has 0 aliphatic carbocycles. The van der Waals surface area contributed by atoms with Crippen molar-refractivity contribution in [2.24, 2.45) is 5.92 Å². The molecule has 3 heteroatoms. The molecule has 0 aromatic carbocycles. The minimum absolute atomic E-state index is 0.391. The van der Waals surface area contributed by atoms with Crippen molar-refractivity contribution in [2.45, 2.75) is 32.9 Å². The van der Waals surface area contributed by atoms with Crippen molar-refractivity contribution in [3.05, 3.63) is 0 Å². The molecular formula is C11H24N2O. The van der Waals surface area contributed by atoms with Crippen LogP contribution in [-0.2, 0) is 4.74 Å². The number of morpholine rings is 1. The second-order valence-electron chi connectivity index (χ2n) is 4.55. The number of likely N-dealkylation sites (N-methyl/N-ethyl adjacent to an activating group) is 1. The van der Waals surface area contributed by atoms with Gasteiger partial charge < -0.3 is 10.1 Å². The van der Waals surface area contributed by atoms with Crippen molar-refractivity contribution in [1.29, 1.82) is 0 Å². The Bertz CT molecular complexity index is 161. The molecule has 0 bridgehead atoms. The molecule has 3 nitrogen and oxygen atoms in total. The van der Waals surface area contributed by atoms with Gasteiger partial charge in [0.1, 0.15) is 0 Å². The third-order valence-electron chi connectivity index (χ3n) is 2.92. The molecule has 2 unspecified atom stereocenters. The molecule has 0 aromatic rings. The highest BCUT2D eigenvalue weighted by Gasteiger charge is 2.25. The van der Waals surface area contributed by atoms with Crippen LogP contribution in [0, 0.1) is 5.92 Å². The predicted molar refractivity (Wildman–Crippen MR) is 59.5 cm³/mol. The summed E-state index contributed by atoms with van der Waals surface area (Å²) in [6, 6.07) is 0.645. The first-order valence-electron chi connectivity index (χ1n) is 5.65. The summed E-state index contributed by atoms with van der Waals surface area (Å²) in [6.07, 6.45) is 0.391. The van der Waals surface area contributed by atoms with Crippen LogP contribution in [0.25, 0.3) is 0 Å². The van der Waals surface area contributed by atoms with Gasteiger partial charge in [-0.1, -0.05) is 13.8 Å². The number of hydrogen-bond acceptors (Lipinski definition) is 3. The molecule has 1 aliphatic heterocycles. The van der Waals surface area contributed by atoms with Crippen LogP contribution in [-0.4, -0.2) is 50.3 Å². The van der Waals surface area contributed by atoms with Gasteiger partial charge >= 0.3 is 0 Å². The van der Waals surface area contributed by atoms with Gasteiger partial charge in [-0.3, -0.25) is 4.90 Å². The van der Waals surface area contributed by atoms with Gasteiger partial charge in [0, 0.05) is 25.7 Å². The maximum absolute atomic E-state index is 5.55. The average molecular weight is 200 g/mol. The lowest BCUT2D eigenvalue weighted by molar-refractivity contribution is -0.0404. The van der Waals surface area contributed by atoms with Crippen LogP contribution in [0.2, 0.25) is 0 Å². The third kappa shape index (κ3) is 3.23. The maximum Gasteiger partial charge on any atom is 0.0674 e. The lowest BCUT2D eigenvalue weighted by Gasteiger charge is -2.39. The minimum Gasteiger partial charge on any atom is -0.376 e. The van der Waals surface area contributed by atoms with Crippen molar-refractivity contribution >= 4 is 0 Å². The topological polar surface area (TPSA) is 24.5 Å². The number of ether oxygens (including phenoxy) is 1. The zero-order valence-electron chi connectivity index (χ0n) is 9.92. The van der Waals surface area contributed by atoms with Crippen molar-refractivity contribution in [1.82, 2.24) is 10.2 Å². The van der Waals surface area contributed by atoms with Gasteiger partial charge in [-0.2, -0.15) is 0 Å². The van der Waals surface area contributed by atoms with E-state index in [0.29, 0.717) is 18.1 Å². The molecule has 1 aliphatic rings. The summed E-state index contributed by atoms with van der Waals surface area (Å²) < 4.78 is 5.55. The molecule has 0 radical (unpaired) electrons. The summed E-state index contributed by atoms with van der Waals surface area (Å²) in [7, 11) is 2.03. The van der Waals surface area contributed by atoms with E-state index in [1.807, 2.05) is 7.05 Å². The molecule has 0 spiro atoms. The van der Waals surface area contributed by atoms with E-state index in [1.165, 1.54) is 0 Å². The number of hydrogen-bond donors (Lipinski definition) is 1.